The van der Waals surface area contributed by atoms with E-state index in [1.165, 1.54) is 12.3 Å². The highest BCUT2D eigenvalue weighted by atomic mass is 19.4. The van der Waals surface area contributed by atoms with Crippen LogP contribution in [0, 0.1) is 6.92 Å². The molecule has 0 atom stereocenters. The van der Waals surface area contributed by atoms with Gasteiger partial charge in [0.2, 0.25) is 0 Å². The lowest BCUT2D eigenvalue weighted by molar-refractivity contribution is -0.137. The van der Waals surface area contributed by atoms with Crippen molar-refractivity contribution >= 4 is 22.9 Å². The van der Waals surface area contributed by atoms with Crippen molar-refractivity contribution in [3.8, 4) is 11.4 Å². The predicted octanol–water partition coefficient (Wildman–Crippen LogP) is 4.62. The number of fused-ring (bicyclic) bond motifs is 2. The van der Waals surface area contributed by atoms with Crippen LogP contribution in [0.1, 0.15) is 21.6 Å². The second-order valence-corrected chi connectivity index (χ2v) is 7.21. The van der Waals surface area contributed by atoms with Gasteiger partial charge in [-0.2, -0.15) is 13.2 Å². The van der Waals surface area contributed by atoms with Crippen LogP contribution in [-0.4, -0.2) is 29.9 Å². The van der Waals surface area contributed by atoms with Crippen molar-refractivity contribution in [2.45, 2.75) is 13.1 Å². The molecule has 0 unspecified atom stereocenters. The van der Waals surface area contributed by atoms with Gasteiger partial charge in [0, 0.05) is 23.6 Å². The summed E-state index contributed by atoms with van der Waals surface area (Å²) in [7, 11) is 0. The number of benzene rings is 1. The molecule has 160 valence electrons. The quantitative estimate of drug-likeness (QED) is 0.448. The molecular weight excluding hydrogens is 421 g/mol. The molecule has 0 aliphatic carbocycles. The van der Waals surface area contributed by atoms with Gasteiger partial charge in [-0.3, -0.25) is 9.20 Å². The van der Waals surface area contributed by atoms with Crippen molar-refractivity contribution in [3.05, 3.63) is 83.9 Å². The highest BCUT2D eigenvalue weighted by Gasteiger charge is 2.31. The Morgan fingerprint density at radius 3 is 2.72 bits per heavy atom. The number of alkyl halides is 3. The summed E-state index contributed by atoms with van der Waals surface area (Å²) in [4.78, 5) is 21.4. The highest BCUT2D eigenvalue weighted by molar-refractivity contribution is 6.04. The number of hydrogen-bond acceptors (Lipinski definition) is 4. The van der Waals surface area contributed by atoms with E-state index in [4.69, 9.17) is 0 Å². The third-order valence-corrected chi connectivity index (χ3v) is 5.05. The van der Waals surface area contributed by atoms with Gasteiger partial charge in [0.15, 0.2) is 11.5 Å². The van der Waals surface area contributed by atoms with Gasteiger partial charge in [0.25, 0.3) is 5.91 Å². The maximum absolute atomic E-state index is 13.0. The monoisotopic (exact) mass is 436 g/mol. The van der Waals surface area contributed by atoms with Crippen LogP contribution in [0.15, 0.2) is 67.1 Å². The molecule has 5 rings (SSSR count). The molecule has 0 fully saturated rings. The number of nitrogens with zero attached hydrogens (tertiary/aromatic N) is 5. The number of hydrogen-bond donors (Lipinski definition) is 1. The van der Waals surface area contributed by atoms with Gasteiger partial charge in [-0.05, 0) is 42.8 Å². The summed E-state index contributed by atoms with van der Waals surface area (Å²) in [5.74, 6) is -0.101. The van der Waals surface area contributed by atoms with E-state index in [9.17, 15) is 18.0 Å². The minimum atomic E-state index is -4.47. The molecule has 0 spiro atoms. The van der Waals surface area contributed by atoms with Crippen LogP contribution in [0.5, 0.6) is 0 Å². The number of carbonyl (C=O) groups excluding carboxylic acids is 1. The third kappa shape index (κ3) is 3.45. The second-order valence-electron chi connectivity index (χ2n) is 7.21. The number of aromatic nitrogens is 5. The second kappa shape index (κ2) is 7.19. The third-order valence-electron chi connectivity index (χ3n) is 5.05. The number of aryl methyl sites for hydroxylation is 1. The van der Waals surface area contributed by atoms with Crippen molar-refractivity contribution in [1.29, 1.82) is 0 Å². The molecule has 0 bridgehead atoms. The summed E-state index contributed by atoms with van der Waals surface area (Å²) in [5, 5.41) is 7.04. The first-order valence-electron chi connectivity index (χ1n) is 9.58. The molecule has 1 amide bonds. The minimum absolute atomic E-state index is 0.245. The molecular formula is C22H15F3N6O. The number of anilines is 1. The lowest BCUT2D eigenvalue weighted by Crippen LogP contribution is -2.15. The lowest BCUT2D eigenvalue weighted by atomic mass is 10.1. The fraction of sp³-hybridized carbons (Fsp3) is 0.0909. The first kappa shape index (κ1) is 19.7. The number of imidazole rings is 1. The topological polar surface area (TPSA) is 76.6 Å². The maximum atomic E-state index is 13.0. The van der Waals surface area contributed by atoms with Gasteiger partial charge in [0.05, 0.1) is 11.8 Å². The molecule has 5 aromatic rings. The lowest BCUT2D eigenvalue weighted by Gasteiger charge is -2.09. The van der Waals surface area contributed by atoms with Crippen LogP contribution >= 0.6 is 0 Å². The zero-order chi connectivity index (χ0) is 22.5. The van der Waals surface area contributed by atoms with Crippen molar-refractivity contribution in [2.75, 3.05) is 5.32 Å². The Kier molecular flexibility index (Phi) is 4.43. The molecule has 1 aromatic carbocycles. The van der Waals surface area contributed by atoms with E-state index in [-0.39, 0.29) is 17.4 Å². The van der Waals surface area contributed by atoms with Gasteiger partial charge in [-0.25, -0.2) is 14.5 Å². The number of pyridine rings is 2. The summed E-state index contributed by atoms with van der Waals surface area (Å²) < 4.78 is 41.7. The Hall–Kier alpha value is -4.21. The Morgan fingerprint density at radius 1 is 1.06 bits per heavy atom. The average Bonchev–Trinajstić information content (AvgIpc) is 3.38. The summed E-state index contributed by atoms with van der Waals surface area (Å²) in [6, 6.07) is 12.9. The summed E-state index contributed by atoms with van der Waals surface area (Å²) in [5.41, 5.74) is 2.39. The molecule has 0 aliphatic rings. The minimum Gasteiger partial charge on any atom is -0.320 e. The van der Waals surface area contributed by atoms with Crippen LogP contribution in [0.3, 0.4) is 0 Å². The Bertz CT molecular complexity index is 1480. The van der Waals surface area contributed by atoms with Gasteiger partial charge in [-0.1, -0.05) is 18.2 Å². The van der Waals surface area contributed by atoms with Crippen LogP contribution in [0.2, 0.25) is 0 Å². The van der Waals surface area contributed by atoms with E-state index >= 15 is 0 Å². The summed E-state index contributed by atoms with van der Waals surface area (Å²) >= 11 is 0. The van der Waals surface area contributed by atoms with Crippen LogP contribution in [0.25, 0.3) is 22.7 Å². The van der Waals surface area contributed by atoms with Crippen LogP contribution in [-0.2, 0) is 6.18 Å². The standard InChI is InChI=1S/C22H15F3N6O/c1-13-5-6-14(20-28-19-8-7-15(22(23,24)25)12-31(19)29-20)10-16(13)27-21(32)17-11-26-18-4-2-3-9-30(17)18/h2-12H,1H3,(H,27,32). The molecule has 0 radical (unpaired) electrons. The van der Waals surface area contributed by atoms with Crippen molar-refractivity contribution in [3.63, 3.8) is 0 Å². The fourth-order valence-corrected chi connectivity index (χ4v) is 3.36. The predicted molar refractivity (Wildman–Crippen MR) is 111 cm³/mol. The van der Waals surface area contributed by atoms with E-state index in [1.54, 1.807) is 40.9 Å². The van der Waals surface area contributed by atoms with Crippen molar-refractivity contribution in [2.24, 2.45) is 0 Å². The van der Waals surface area contributed by atoms with Crippen LogP contribution in [0.4, 0.5) is 18.9 Å². The van der Waals surface area contributed by atoms with E-state index in [0.717, 1.165) is 22.3 Å². The SMILES string of the molecule is Cc1ccc(-c2nc3ccc(C(F)(F)F)cn3n2)cc1NC(=O)c1cnc2ccccn12. The average molecular weight is 436 g/mol. The molecule has 4 aromatic heterocycles. The fourth-order valence-electron chi connectivity index (χ4n) is 3.36. The Morgan fingerprint density at radius 2 is 1.91 bits per heavy atom. The Labute approximate surface area is 179 Å². The van der Waals surface area contributed by atoms with Crippen molar-refractivity contribution < 1.29 is 18.0 Å². The zero-order valence-corrected chi connectivity index (χ0v) is 16.6. The van der Waals surface area contributed by atoms with Gasteiger partial charge < -0.3 is 5.32 Å². The van der Waals surface area contributed by atoms with Gasteiger partial charge in [0.1, 0.15) is 11.3 Å². The molecule has 10 heteroatoms. The summed E-state index contributed by atoms with van der Waals surface area (Å²) in [6.45, 7) is 1.83. The first-order valence-corrected chi connectivity index (χ1v) is 9.58. The first-order chi connectivity index (χ1) is 15.3. The smallest absolute Gasteiger partial charge is 0.320 e. The number of nitrogens with one attached hydrogen (secondary N) is 1. The van der Waals surface area contributed by atoms with E-state index < -0.39 is 11.7 Å². The molecule has 1 N–H and O–H groups in total. The number of rotatable bonds is 3. The number of amides is 1. The number of carbonyl (C=O) groups is 1. The van der Waals surface area contributed by atoms with E-state index in [0.29, 0.717) is 22.6 Å². The summed E-state index contributed by atoms with van der Waals surface area (Å²) in [6.07, 6.45) is -0.338. The molecule has 0 aliphatic heterocycles. The van der Waals surface area contributed by atoms with Gasteiger partial charge >= 0.3 is 6.18 Å². The van der Waals surface area contributed by atoms with E-state index in [1.807, 2.05) is 13.0 Å². The molecule has 32 heavy (non-hydrogen) atoms. The molecule has 7 nitrogen and oxygen atoms in total. The number of halogens is 3. The Balaban J connectivity index is 1.48. The molecule has 0 saturated carbocycles. The molecule has 0 saturated heterocycles. The van der Waals surface area contributed by atoms with Gasteiger partial charge in [-0.15, -0.1) is 5.10 Å². The largest absolute Gasteiger partial charge is 0.417 e. The maximum Gasteiger partial charge on any atom is 0.417 e. The van der Waals surface area contributed by atoms with E-state index in [2.05, 4.69) is 20.4 Å². The van der Waals surface area contributed by atoms with Crippen molar-refractivity contribution in [1.82, 2.24) is 24.0 Å². The molecule has 4 heterocycles. The van der Waals surface area contributed by atoms with Crippen LogP contribution < -0.4 is 5.32 Å². The zero-order valence-electron chi connectivity index (χ0n) is 16.6. The highest BCUT2D eigenvalue weighted by Crippen LogP contribution is 2.30. The normalized spacial score (nSPS) is 11.9.